The van der Waals surface area contributed by atoms with E-state index < -0.39 is 0 Å². The van der Waals surface area contributed by atoms with E-state index in [1.807, 2.05) is 12.1 Å². The topological polar surface area (TPSA) is 21.7 Å². The number of para-hydroxylation sites is 1. The minimum Gasteiger partial charge on any atom is -0.493 e. The number of nitrogens with zero attached hydrogens (tertiary/aromatic N) is 1. The van der Waals surface area contributed by atoms with E-state index in [0.29, 0.717) is 12.0 Å². The monoisotopic (exact) mass is 295 g/mol. The predicted molar refractivity (Wildman–Crippen MR) is 83.3 cm³/mol. The van der Waals surface area contributed by atoms with Gasteiger partial charge in [0.15, 0.2) is 11.5 Å². The maximum absolute atomic E-state index is 5.99. The zero-order valence-electron chi connectivity index (χ0n) is 11.9. The molecule has 0 N–H and O–H groups in total. The highest BCUT2D eigenvalue weighted by Gasteiger charge is 2.37. The summed E-state index contributed by atoms with van der Waals surface area (Å²) in [7, 11) is 1.70. The quantitative estimate of drug-likeness (QED) is 0.799. The third-order valence-electron chi connectivity index (χ3n) is 4.28. The Morgan fingerprint density at radius 3 is 3.10 bits per heavy atom. The molecule has 0 spiro atoms. The van der Waals surface area contributed by atoms with E-state index in [4.69, 9.17) is 9.47 Å². The summed E-state index contributed by atoms with van der Waals surface area (Å²) in [6.45, 7) is 6.71. The van der Waals surface area contributed by atoms with Gasteiger partial charge in [0.25, 0.3) is 0 Å². The van der Waals surface area contributed by atoms with Crippen molar-refractivity contribution in [3.8, 4) is 11.5 Å². The molecule has 0 unspecified atom stereocenters. The van der Waals surface area contributed by atoms with Gasteiger partial charge in [-0.2, -0.15) is 0 Å². The van der Waals surface area contributed by atoms with E-state index in [1.165, 1.54) is 18.4 Å². The first kappa shape index (κ1) is 15.2. The molecule has 2 aliphatic heterocycles. The number of hydrogen-bond acceptors (Lipinski definition) is 3. The summed E-state index contributed by atoms with van der Waals surface area (Å²) in [5.74, 6) is 2.37. The number of fused-ring (bicyclic) bond motifs is 3. The second-order valence-electron chi connectivity index (χ2n) is 5.29. The lowest BCUT2D eigenvalue weighted by Crippen LogP contribution is -2.49. The van der Waals surface area contributed by atoms with Gasteiger partial charge >= 0.3 is 0 Å². The Morgan fingerprint density at radius 1 is 1.50 bits per heavy atom. The highest BCUT2D eigenvalue weighted by molar-refractivity contribution is 5.85. The Hall–Kier alpha value is -1.19. The normalized spacial score (nSPS) is 24.6. The fourth-order valence-corrected chi connectivity index (χ4v) is 3.41. The summed E-state index contributed by atoms with van der Waals surface area (Å²) < 4.78 is 11.4. The molecule has 4 heteroatoms. The second kappa shape index (κ2) is 6.51. The molecule has 1 aromatic rings. The van der Waals surface area contributed by atoms with Crippen molar-refractivity contribution in [2.45, 2.75) is 24.8 Å². The van der Waals surface area contributed by atoms with Crippen LogP contribution in [-0.4, -0.2) is 37.7 Å². The average Bonchev–Trinajstić information content (AvgIpc) is 2.47. The van der Waals surface area contributed by atoms with Crippen molar-refractivity contribution in [3.05, 3.63) is 36.4 Å². The van der Waals surface area contributed by atoms with Crippen molar-refractivity contribution >= 4 is 12.4 Å². The van der Waals surface area contributed by atoms with Gasteiger partial charge in [0.2, 0.25) is 0 Å². The van der Waals surface area contributed by atoms with Crippen LogP contribution in [0.5, 0.6) is 11.5 Å². The van der Waals surface area contributed by atoms with E-state index in [1.54, 1.807) is 7.11 Å². The van der Waals surface area contributed by atoms with E-state index >= 15 is 0 Å². The fraction of sp³-hybridized carbons (Fsp3) is 0.500. The van der Waals surface area contributed by atoms with Gasteiger partial charge in [0, 0.05) is 18.0 Å². The van der Waals surface area contributed by atoms with Crippen LogP contribution in [0.3, 0.4) is 0 Å². The summed E-state index contributed by atoms with van der Waals surface area (Å²) in [5.41, 5.74) is 1.31. The largest absolute Gasteiger partial charge is 0.493 e. The van der Waals surface area contributed by atoms with Gasteiger partial charge in [0.05, 0.1) is 13.2 Å². The Balaban J connectivity index is 0.00000147. The number of piperidine rings is 1. The number of hydrogen-bond donors (Lipinski definition) is 0. The second-order valence-corrected chi connectivity index (χ2v) is 5.29. The van der Waals surface area contributed by atoms with E-state index in [0.717, 1.165) is 31.2 Å². The number of methoxy groups -OCH3 is 1. The maximum atomic E-state index is 5.99. The lowest BCUT2D eigenvalue weighted by Gasteiger charge is -2.44. The molecule has 0 amide bonds. The third-order valence-corrected chi connectivity index (χ3v) is 4.28. The van der Waals surface area contributed by atoms with Crippen LogP contribution >= 0.6 is 12.4 Å². The van der Waals surface area contributed by atoms with E-state index in [-0.39, 0.29) is 12.4 Å². The molecular weight excluding hydrogens is 274 g/mol. The van der Waals surface area contributed by atoms with Gasteiger partial charge in [-0.25, -0.2) is 0 Å². The molecule has 0 radical (unpaired) electrons. The van der Waals surface area contributed by atoms with Crippen LogP contribution in [0.25, 0.3) is 0 Å². The van der Waals surface area contributed by atoms with Crippen molar-refractivity contribution in [1.82, 2.24) is 4.90 Å². The molecule has 110 valence electrons. The molecule has 0 aromatic heterocycles. The predicted octanol–water partition coefficient (Wildman–Crippen LogP) is 3.24. The molecule has 2 atom stereocenters. The molecule has 2 aliphatic rings. The van der Waals surface area contributed by atoms with Crippen molar-refractivity contribution in [2.75, 3.05) is 26.8 Å². The standard InChI is InChI=1S/C16H21NO2.ClH/c1-3-9-17-10-5-7-12-13-6-4-8-15(18-2)16(13)19-11-14(12)17;/h3-4,6,8,12,14H,1,5,7,9-11H2,2H3;1H/t12-,14-;/m1./s1. The smallest absolute Gasteiger partial charge is 0.164 e. The molecule has 1 fully saturated rings. The van der Waals surface area contributed by atoms with Gasteiger partial charge in [-0.05, 0) is 25.5 Å². The Labute approximate surface area is 127 Å². The fourth-order valence-electron chi connectivity index (χ4n) is 3.41. The van der Waals surface area contributed by atoms with Crippen LogP contribution in [0.1, 0.15) is 24.3 Å². The number of likely N-dealkylation sites (tertiary alicyclic amines) is 1. The molecular formula is C16H22ClNO2. The molecule has 20 heavy (non-hydrogen) atoms. The Morgan fingerprint density at radius 2 is 2.35 bits per heavy atom. The summed E-state index contributed by atoms with van der Waals surface area (Å²) in [6.07, 6.45) is 4.47. The van der Waals surface area contributed by atoms with Crippen LogP contribution in [0.2, 0.25) is 0 Å². The summed E-state index contributed by atoms with van der Waals surface area (Å²) in [4.78, 5) is 2.49. The summed E-state index contributed by atoms with van der Waals surface area (Å²) >= 11 is 0. The maximum Gasteiger partial charge on any atom is 0.164 e. The lowest BCUT2D eigenvalue weighted by atomic mass is 9.81. The zero-order chi connectivity index (χ0) is 13.2. The molecule has 3 rings (SSSR count). The first-order valence-corrected chi connectivity index (χ1v) is 6.99. The number of ether oxygens (including phenoxy) is 2. The molecule has 2 heterocycles. The molecule has 0 aliphatic carbocycles. The molecule has 0 saturated carbocycles. The van der Waals surface area contributed by atoms with Crippen molar-refractivity contribution in [1.29, 1.82) is 0 Å². The lowest BCUT2D eigenvalue weighted by molar-refractivity contribution is 0.0734. The molecule has 1 saturated heterocycles. The van der Waals surface area contributed by atoms with Crippen molar-refractivity contribution < 1.29 is 9.47 Å². The molecule has 3 nitrogen and oxygen atoms in total. The van der Waals surface area contributed by atoms with Gasteiger partial charge in [-0.1, -0.05) is 18.2 Å². The SMILES string of the molecule is C=CCN1CCC[C@@H]2c3cccc(OC)c3OC[C@H]21.Cl. The summed E-state index contributed by atoms with van der Waals surface area (Å²) in [6, 6.07) is 6.71. The Bertz CT molecular complexity index is 478. The molecule has 0 bridgehead atoms. The third kappa shape index (κ3) is 2.52. The zero-order valence-corrected chi connectivity index (χ0v) is 12.7. The van der Waals surface area contributed by atoms with Crippen LogP contribution in [-0.2, 0) is 0 Å². The number of halogens is 1. The van der Waals surface area contributed by atoms with Crippen LogP contribution < -0.4 is 9.47 Å². The van der Waals surface area contributed by atoms with Crippen LogP contribution in [0.15, 0.2) is 30.9 Å². The highest BCUT2D eigenvalue weighted by atomic mass is 35.5. The first-order valence-electron chi connectivity index (χ1n) is 6.99. The van der Waals surface area contributed by atoms with E-state index in [2.05, 4.69) is 23.6 Å². The highest BCUT2D eigenvalue weighted by Crippen LogP contribution is 2.45. The minimum absolute atomic E-state index is 0. The van der Waals surface area contributed by atoms with E-state index in [9.17, 15) is 0 Å². The minimum atomic E-state index is 0. The molecule has 1 aromatic carbocycles. The first-order chi connectivity index (χ1) is 9.35. The van der Waals surface area contributed by atoms with Crippen LogP contribution in [0, 0.1) is 0 Å². The van der Waals surface area contributed by atoms with Gasteiger partial charge < -0.3 is 9.47 Å². The van der Waals surface area contributed by atoms with Gasteiger partial charge in [-0.3, -0.25) is 4.90 Å². The number of benzene rings is 1. The van der Waals surface area contributed by atoms with Crippen molar-refractivity contribution in [3.63, 3.8) is 0 Å². The van der Waals surface area contributed by atoms with Gasteiger partial charge in [0.1, 0.15) is 6.61 Å². The Kier molecular flexibility index (Phi) is 4.95. The average molecular weight is 296 g/mol. The number of rotatable bonds is 3. The van der Waals surface area contributed by atoms with Crippen molar-refractivity contribution in [2.24, 2.45) is 0 Å². The van der Waals surface area contributed by atoms with Gasteiger partial charge in [-0.15, -0.1) is 19.0 Å². The summed E-state index contributed by atoms with van der Waals surface area (Å²) in [5, 5.41) is 0. The van der Waals surface area contributed by atoms with Crippen LogP contribution in [0.4, 0.5) is 0 Å².